The van der Waals surface area contributed by atoms with Crippen molar-refractivity contribution in [2.24, 2.45) is 0 Å². The van der Waals surface area contributed by atoms with Crippen molar-refractivity contribution < 1.29 is 18.3 Å². The van der Waals surface area contributed by atoms with Gasteiger partial charge in [0.05, 0.1) is 29.9 Å². The van der Waals surface area contributed by atoms with Crippen molar-refractivity contribution in [1.29, 1.82) is 0 Å². The molecular formula is C42H45F2N9O2. The van der Waals surface area contributed by atoms with E-state index in [0.29, 0.717) is 46.0 Å². The van der Waals surface area contributed by atoms with Gasteiger partial charge in [-0.05, 0) is 67.4 Å². The Bertz CT molecular complexity index is 2250. The second kappa shape index (κ2) is 17.0. The van der Waals surface area contributed by atoms with Crippen LogP contribution in [0.25, 0.3) is 28.3 Å². The predicted octanol–water partition coefficient (Wildman–Crippen LogP) is 7.64. The van der Waals surface area contributed by atoms with Gasteiger partial charge in [-0.25, -0.2) is 23.7 Å². The maximum Gasteiger partial charge on any atom is 0.255 e. The summed E-state index contributed by atoms with van der Waals surface area (Å²) in [4.78, 5) is 32.5. The minimum absolute atomic E-state index is 0.206. The normalized spacial score (nSPS) is 15.0. The van der Waals surface area contributed by atoms with Crippen LogP contribution in [0.1, 0.15) is 37.0 Å². The number of nitrogens with one attached hydrogen (secondary N) is 3. The number of anilines is 4. The zero-order chi connectivity index (χ0) is 38.3. The van der Waals surface area contributed by atoms with Gasteiger partial charge in [-0.3, -0.25) is 14.1 Å². The average molecular weight is 746 g/mol. The molecule has 55 heavy (non-hydrogen) atoms. The number of rotatable bonds is 9. The van der Waals surface area contributed by atoms with Crippen molar-refractivity contribution in [2.75, 3.05) is 61.9 Å². The average Bonchev–Trinajstić information content (AvgIpc) is 3.63. The van der Waals surface area contributed by atoms with Crippen molar-refractivity contribution in [2.45, 2.75) is 32.7 Å². The number of piperazine rings is 1. The molecule has 11 nitrogen and oxygen atoms in total. The van der Waals surface area contributed by atoms with E-state index in [2.05, 4.69) is 42.9 Å². The van der Waals surface area contributed by atoms with Crippen molar-refractivity contribution in [1.82, 2.24) is 29.6 Å². The van der Waals surface area contributed by atoms with Crippen molar-refractivity contribution in [3.05, 3.63) is 115 Å². The topological polar surface area (TPSA) is 112 Å². The highest BCUT2D eigenvalue weighted by atomic mass is 19.1. The first-order chi connectivity index (χ1) is 26.9. The molecule has 2 saturated heterocycles. The Morgan fingerprint density at radius 2 is 1.64 bits per heavy atom. The Hall–Kier alpha value is -5.92. The van der Waals surface area contributed by atoms with E-state index in [1.807, 2.05) is 54.8 Å². The highest BCUT2D eigenvalue weighted by Crippen LogP contribution is 2.35. The fourth-order valence-electron chi connectivity index (χ4n) is 7.24. The molecule has 0 radical (unpaired) electrons. The summed E-state index contributed by atoms with van der Waals surface area (Å²) in [5.74, 6) is -1.33. The standard InChI is InChI=1S/C40H39F2N9O2.C2H6/c1-53-34-25-29(49-20-14-28(15-21-49)50-22-17-43-18-23-50)11-12-32(34)45-40-44-16-13-33(46-40)38-36(47-35-10-2-3-19-51(35)38)26-6-4-7-27(24-26)39(52)48-37-30(41)8-5-9-31(37)42;1-2/h2-13,16,19,24-25,28,43H,14-15,17-18,20-23H2,1H3,(H,48,52)(H,44,45,46);1-2H3. The van der Waals surface area contributed by atoms with Crippen LogP contribution in [0.4, 0.5) is 31.8 Å². The number of benzene rings is 3. The molecule has 3 aromatic carbocycles. The van der Waals surface area contributed by atoms with E-state index in [0.717, 1.165) is 75.6 Å². The van der Waals surface area contributed by atoms with E-state index in [1.54, 1.807) is 37.6 Å². The quantitative estimate of drug-likeness (QED) is 0.138. The molecule has 2 fully saturated rings. The van der Waals surface area contributed by atoms with E-state index in [1.165, 1.54) is 6.07 Å². The molecule has 13 heteroatoms. The molecule has 2 aliphatic rings. The second-order valence-corrected chi connectivity index (χ2v) is 13.1. The minimum atomic E-state index is -0.861. The van der Waals surface area contributed by atoms with Gasteiger partial charge in [0, 0.05) is 80.6 Å². The third-order valence-corrected chi connectivity index (χ3v) is 9.96. The first-order valence-electron chi connectivity index (χ1n) is 18.8. The highest BCUT2D eigenvalue weighted by molar-refractivity contribution is 6.05. The molecule has 0 atom stereocenters. The molecule has 5 heterocycles. The smallest absolute Gasteiger partial charge is 0.255 e. The number of methoxy groups -OCH3 is 1. The highest BCUT2D eigenvalue weighted by Gasteiger charge is 2.26. The van der Waals surface area contributed by atoms with Crippen molar-refractivity contribution >= 4 is 34.6 Å². The third-order valence-electron chi connectivity index (χ3n) is 9.96. The second-order valence-electron chi connectivity index (χ2n) is 13.1. The lowest BCUT2D eigenvalue weighted by atomic mass is 10.0. The van der Waals surface area contributed by atoms with Crippen LogP contribution in [0.5, 0.6) is 5.75 Å². The van der Waals surface area contributed by atoms with Crippen molar-refractivity contribution in [3.63, 3.8) is 0 Å². The molecule has 0 aliphatic carbocycles. The summed E-state index contributed by atoms with van der Waals surface area (Å²) in [6.45, 7) is 10.4. The summed E-state index contributed by atoms with van der Waals surface area (Å²) >= 11 is 0. The summed E-state index contributed by atoms with van der Waals surface area (Å²) < 4.78 is 36.4. The minimum Gasteiger partial charge on any atom is -0.494 e. The maximum absolute atomic E-state index is 14.3. The number of aromatic nitrogens is 4. The van der Waals surface area contributed by atoms with E-state index < -0.39 is 23.2 Å². The molecule has 0 bridgehead atoms. The molecule has 6 aromatic rings. The molecule has 1 amide bonds. The number of amides is 1. The van der Waals surface area contributed by atoms with Crippen LogP contribution < -0.4 is 25.6 Å². The number of carbonyl (C=O) groups excluding carboxylic acids is 1. The summed E-state index contributed by atoms with van der Waals surface area (Å²) in [6, 6.07) is 24.4. The van der Waals surface area contributed by atoms with Crippen LogP contribution in [0.3, 0.4) is 0 Å². The van der Waals surface area contributed by atoms with Crippen LogP contribution in [-0.4, -0.2) is 82.6 Å². The van der Waals surface area contributed by atoms with Crippen LogP contribution in [-0.2, 0) is 0 Å². The number of piperidine rings is 1. The van der Waals surface area contributed by atoms with Gasteiger partial charge in [0.2, 0.25) is 5.95 Å². The Kier molecular flexibility index (Phi) is 11.6. The van der Waals surface area contributed by atoms with Crippen LogP contribution in [0, 0.1) is 11.6 Å². The lowest BCUT2D eigenvalue weighted by Crippen LogP contribution is -2.52. The summed E-state index contributed by atoms with van der Waals surface area (Å²) in [7, 11) is 1.66. The molecule has 0 unspecified atom stereocenters. The molecule has 2 aliphatic heterocycles. The Balaban J connectivity index is 0.00000229. The molecular weight excluding hydrogens is 701 g/mol. The molecule has 284 valence electrons. The molecule has 3 aromatic heterocycles. The fraction of sp³-hybridized carbons (Fsp3) is 0.286. The van der Waals surface area contributed by atoms with E-state index >= 15 is 0 Å². The Labute approximate surface area is 319 Å². The van der Waals surface area contributed by atoms with Gasteiger partial charge >= 0.3 is 0 Å². The summed E-state index contributed by atoms with van der Waals surface area (Å²) in [5, 5.41) is 9.16. The molecule has 0 saturated carbocycles. The van der Waals surface area contributed by atoms with E-state index in [-0.39, 0.29) is 5.56 Å². The number of nitrogens with zero attached hydrogens (tertiary/aromatic N) is 6. The van der Waals surface area contributed by atoms with Gasteiger partial charge in [-0.15, -0.1) is 0 Å². The van der Waals surface area contributed by atoms with Gasteiger partial charge in [0.25, 0.3) is 5.91 Å². The number of pyridine rings is 1. The zero-order valence-corrected chi connectivity index (χ0v) is 31.2. The van der Waals surface area contributed by atoms with Gasteiger partial charge in [0.1, 0.15) is 28.7 Å². The number of carbonyl (C=O) groups is 1. The van der Waals surface area contributed by atoms with Crippen molar-refractivity contribution in [3.8, 4) is 28.4 Å². The van der Waals surface area contributed by atoms with Gasteiger partial charge in [0.15, 0.2) is 0 Å². The third kappa shape index (κ3) is 8.13. The number of hydrogen-bond acceptors (Lipinski definition) is 9. The molecule has 3 N–H and O–H groups in total. The van der Waals surface area contributed by atoms with Crippen LogP contribution in [0.2, 0.25) is 0 Å². The molecule has 0 spiro atoms. The monoisotopic (exact) mass is 745 g/mol. The summed E-state index contributed by atoms with van der Waals surface area (Å²) in [5.41, 5.74) is 4.66. The van der Waals surface area contributed by atoms with Crippen LogP contribution in [0.15, 0.2) is 97.3 Å². The maximum atomic E-state index is 14.3. The number of halogens is 2. The number of imidazole rings is 1. The predicted molar refractivity (Wildman–Crippen MR) is 213 cm³/mol. The lowest BCUT2D eigenvalue weighted by molar-refractivity contribution is 0.102. The largest absolute Gasteiger partial charge is 0.494 e. The van der Waals surface area contributed by atoms with Gasteiger partial charge in [-0.2, -0.15) is 0 Å². The van der Waals surface area contributed by atoms with Gasteiger partial charge in [-0.1, -0.05) is 38.1 Å². The Morgan fingerprint density at radius 1 is 0.873 bits per heavy atom. The van der Waals surface area contributed by atoms with E-state index in [9.17, 15) is 13.6 Å². The fourth-order valence-corrected chi connectivity index (χ4v) is 7.24. The number of hydrogen-bond donors (Lipinski definition) is 3. The number of fused-ring (bicyclic) bond motifs is 1. The first-order valence-corrected chi connectivity index (χ1v) is 18.8. The lowest BCUT2D eigenvalue weighted by Gasteiger charge is -2.41. The zero-order valence-electron chi connectivity index (χ0n) is 31.2. The molecule has 8 rings (SSSR count). The summed E-state index contributed by atoms with van der Waals surface area (Å²) in [6.07, 6.45) is 5.84. The number of ether oxygens (including phenoxy) is 1. The number of para-hydroxylation sites is 1. The van der Waals surface area contributed by atoms with Gasteiger partial charge < -0.3 is 25.6 Å². The van der Waals surface area contributed by atoms with E-state index in [4.69, 9.17) is 14.7 Å². The Morgan fingerprint density at radius 3 is 2.40 bits per heavy atom. The van der Waals surface area contributed by atoms with Crippen LogP contribution >= 0.6 is 0 Å². The SMILES string of the molecule is CC.COc1cc(N2CCC(N3CCNCC3)CC2)ccc1Nc1nccc(-c2c(-c3cccc(C(=O)Nc4c(F)cccc4F)c3)nc3ccccn23)n1. The first kappa shape index (κ1) is 37.4.